The number of alkyl carbamates (subject to hydrolysis) is 1. The molecule has 3 rings (SSSR count). The van der Waals surface area contributed by atoms with E-state index in [1.54, 1.807) is 39.1 Å². The van der Waals surface area contributed by atoms with Gasteiger partial charge in [0.25, 0.3) is 0 Å². The summed E-state index contributed by atoms with van der Waals surface area (Å²) in [6.45, 7) is 8.72. The van der Waals surface area contributed by atoms with Crippen molar-refractivity contribution in [3.8, 4) is 11.3 Å². The molecule has 1 aromatic heterocycles. The molecule has 3 amide bonds. The third kappa shape index (κ3) is 10.6. The van der Waals surface area contributed by atoms with Gasteiger partial charge >= 0.3 is 12.2 Å². The summed E-state index contributed by atoms with van der Waals surface area (Å²) in [7, 11) is 1.23. The maximum Gasteiger partial charge on any atom is 0.411 e. The summed E-state index contributed by atoms with van der Waals surface area (Å²) in [5.74, 6) is -0.715. The number of aliphatic hydroxyl groups is 1. The fraction of sp³-hybridized carbons (Fsp3) is 0.429. The monoisotopic (exact) mass is 633 g/mol. The van der Waals surface area contributed by atoms with Gasteiger partial charge < -0.3 is 30.9 Å². The van der Waals surface area contributed by atoms with Gasteiger partial charge in [-0.15, -0.1) is 0 Å². The number of carbonyl (C=O) groups excluding carboxylic acids is 3. The normalized spacial score (nSPS) is 14.6. The summed E-state index contributed by atoms with van der Waals surface area (Å²) >= 11 is 0. The highest BCUT2D eigenvalue weighted by molar-refractivity contribution is 5.86. The van der Waals surface area contributed by atoms with Crippen LogP contribution in [-0.4, -0.2) is 70.5 Å². The van der Waals surface area contributed by atoms with Crippen LogP contribution in [0.2, 0.25) is 0 Å². The van der Waals surface area contributed by atoms with Crippen molar-refractivity contribution in [2.75, 3.05) is 13.7 Å². The Bertz CT molecular complexity index is 1400. The predicted octanol–water partition coefficient (Wildman–Crippen LogP) is 4.80. The first kappa shape index (κ1) is 36.0. The molecule has 5 N–H and O–H groups in total. The van der Waals surface area contributed by atoms with Gasteiger partial charge in [0.15, 0.2) is 0 Å². The van der Waals surface area contributed by atoms with Crippen molar-refractivity contribution in [3.63, 3.8) is 0 Å². The third-order valence-corrected chi connectivity index (χ3v) is 7.61. The molecule has 5 atom stereocenters. The second-order valence-corrected chi connectivity index (χ2v) is 12.3. The van der Waals surface area contributed by atoms with Gasteiger partial charge in [0.2, 0.25) is 5.91 Å². The average molecular weight is 634 g/mol. The predicted molar refractivity (Wildman–Crippen MR) is 176 cm³/mol. The Hall–Kier alpha value is -4.48. The summed E-state index contributed by atoms with van der Waals surface area (Å²) in [6, 6.07) is 20.5. The first-order chi connectivity index (χ1) is 21.8. The molecule has 2 aromatic carbocycles. The van der Waals surface area contributed by atoms with Crippen molar-refractivity contribution < 1.29 is 29.0 Å². The number of methoxy groups -OCH3 is 1. The van der Waals surface area contributed by atoms with Crippen molar-refractivity contribution >= 4 is 18.1 Å². The summed E-state index contributed by atoms with van der Waals surface area (Å²) in [5.41, 5.74) is 8.98. The van der Waals surface area contributed by atoms with E-state index in [1.165, 1.54) is 12.0 Å². The number of rotatable bonds is 13. The van der Waals surface area contributed by atoms with E-state index in [1.807, 2.05) is 74.5 Å². The van der Waals surface area contributed by atoms with E-state index in [0.717, 1.165) is 16.8 Å². The van der Waals surface area contributed by atoms with Crippen LogP contribution in [0.3, 0.4) is 0 Å². The Kier molecular flexibility index (Phi) is 13.1. The fourth-order valence-corrected chi connectivity index (χ4v) is 4.83. The Balaban J connectivity index is 1.92. The van der Waals surface area contributed by atoms with Crippen LogP contribution < -0.4 is 16.4 Å². The van der Waals surface area contributed by atoms with Gasteiger partial charge in [-0.2, -0.15) is 0 Å². The Morgan fingerprint density at radius 1 is 0.978 bits per heavy atom. The maximum atomic E-state index is 13.6. The lowest BCUT2D eigenvalue weighted by molar-refractivity contribution is -0.126. The lowest BCUT2D eigenvalue weighted by Crippen LogP contribution is -2.57. The molecule has 0 saturated carbocycles. The van der Waals surface area contributed by atoms with E-state index >= 15 is 0 Å². The number of nitrogens with two attached hydrogens (primary N) is 1. The molecule has 46 heavy (non-hydrogen) atoms. The van der Waals surface area contributed by atoms with Crippen LogP contribution in [0, 0.1) is 5.92 Å². The number of pyridine rings is 1. The highest BCUT2D eigenvalue weighted by Gasteiger charge is 2.34. The summed E-state index contributed by atoms with van der Waals surface area (Å²) in [4.78, 5) is 44.8. The topological polar surface area (TPSA) is 156 Å². The molecule has 0 aliphatic rings. The highest BCUT2D eigenvalue weighted by Crippen LogP contribution is 2.24. The Morgan fingerprint density at radius 2 is 1.63 bits per heavy atom. The van der Waals surface area contributed by atoms with E-state index in [2.05, 4.69) is 15.6 Å². The molecule has 0 aliphatic carbocycles. The van der Waals surface area contributed by atoms with E-state index in [0.29, 0.717) is 12.0 Å². The van der Waals surface area contributed by atoms with Crippen molar-refractivity contribution in [1.29, 1.82) is 0 Å². The number of nitrogens with zero attached hydrogens (tertiary/aromatic N) is 2. The van der Waals surface area contributed by atoms with Gasteiger partial charge in [0.05, 0.1) is 31.5 Å². The Morgan fingerprint density at radius 3 is 2.20 bits per heavy atom. The van der Waals surface area contributed by atoms with Gasteiger partial charge in [0.1, 0.15) is 17.8 Å². The van der Waals surface area contributed by atoms with E-state index in [4.69, 9.17) is 15.2 Å². The lowest BCUT2D eigenvalue weighted by atomic mass is 9.96. The van der Waals surface area contributed by atoms with Crippen LogP contribution in [0.4, 0.5) is 9.59 Å². The fourth-order valence-electron chi connectivity index (χ4n) is 4.83. The van der Waals surface area contributed by atoms with Gasteiger partial charge in [0, 0.05) is 11.8 Å². The number of hydrogen-bond acceptors (Lipinski definition) is 8. The number of amides is 3. The molecular formula is C35H47N5O6. The SMILES string of the molecule is CC[C@H](C)[C@H](NC(=O)OC)C(=O)N[C@@H](Cc1ccccc1)[C@@H](O)CN(C(=O)OC(C)(C)C)C(N)c1ccc(-c2ccccn2)cc1. The molecule has 0 spiro atoms. The summed E-state index contributed by atoms with van der Waals surface area (Å²) < 4.78 is 10.4. The lowest BCUT2D eigenvalue weighted by Gasteiger charge is -2.35. The zero-order chi connectivity index (χ0) is 33.9. The van der Waals surface area contributed by atoms with Crippen LogP contribution in [0.5, 0.6) is 0 Å². The van der Waals surface area contributed by atoms with Gasteiger partial charge in [-0.3, -0.25) is 14.7 Å². The van der Waals surface area contributed by atoms with E-state index < -0.39 is 48.0 Å². The first-order valence-electron chi connectivity index (χ1n) is 15.5. The number of hydrogen-bond donors (Lipinski definition) is 4. The molecule has 11 heteroatoms. The molecule has 0 aliphatic heterocycles. The number of aromatic nitrogens is 1. The zero-order valence-electron chi connectivity index (χ0n) is 27.5. The smallest absolute Gasteiger partial charge is 0.411 e. The maximum absolute atomic E-state index is 13.6. The van der Waals surface area contributed by atoms with Gasteiger partial charge in [-0.05, 0) is 56.4 Å². The summed E-state index contributed by atoms with van der Waals surface area (Å²) in [6.07, 6.45) is -1.15. The molecule has 1 unspecified atom stereocenters. The second-order valence-electron chi connectivity index (χ2n) is 12.3. The van der Waals surface area contributed by atoms with Crippen LogP contribution >= 0.6 is 0 Å². The van der Waals surface area contributed by atoms with Crippen LogP contribution in [0.1, 0.15) is 58.3 Å². The second kappa shape index (κ2) is 16.7. The average Bonchev–Trinajstić information content (AvgIpc) is 3.04. The molecule has 11 nitrogen and oxygen atoms in total. The standard InChI is InChI=1S/C35H47N5O6/c1-7-23(2)30(39-33(43)45-6)32(42)38-28(21-24-13-9-8-10-14-24)29(41)22-40(34(44)46-35(3,4)5)31(36)26-18-16-25(17-19-26)27-15-11-12-20-37-27/h8-20,23,28-31,41H,7,21-22,36H2,1-6H3,(H,38,42)(H,39,43)/t23-,28-,29-,30-,31?/m0/s1. The molecule has 0 bridgehead atoms. The minimum Gasteiger partial charge on any atom is -0.453 e. The van der Waals surface area contributed by atoms with Crippen molar-refractivity contribution in [3.05, 3.63) is 90.1 Å². The number of nitrogens with one attached hydrogen (secondary N) is 2. The molecular weight excluding hydrogens is 586 g/mol. The quantitative estimate of drug-likeness (QED) is 0.196. The molecule has 0 fully saturated rings. The van der Waals surface area contributed by atoms with Gasteiger partial charge in [-0.1, -0.05) is 80.9 Å². The number of carbonyl (C=O) groups is 3. The molecule has 3 aromatic rings. The van der Waals surface area contributed by atoms with Crippen molar-refractivity contribution in [1.82, 2.24) is 20.5 Å². The minimum absolute atomic E-state index is 0.227. The highest BCUT2D eigenvalue weighted by atomic mass is 16.6. The largest absolute Gasteiger partial charge is 0.453 e. The number of ether oxygens (including phenoxy) is 2. The molecule has 248 valence electrons. The molecule has 1 heterocycles. The summed E-state index contributed by atoms with van der Waals surface area (Å²) in [5, 5.41) is 17.2. The third-order valence-electron chi connectivity index (χ3n) is 7.61. The van der Waals surface area contributed by atoms with E-state index in [9.17, 15) is 19.5 Å². The van der Waals surface area contributed by atoms with E-state index in [-0.39, 0.29) is 18.9 Å². The number of benzene rings is 2. The number of aliphatic hydroxyl groups excluding tert-OH is 1. The van der Waals surface area contributed by atoms with Crippen LogP contribution in [0.25, 0.3) is 11.3 Å². The van der Waals surface area contributed by atoms with Crippen LogP contribution in [0.15, 0.2) is 79.0 Å². The zero-order valence-corrected chi connectivity index (χ0v) is 27.5. The first-order valence-corrected chi connectivity index (χ1v) is 15.5. The van der Waals surface area contributed by atoms with Gasteiger partial charge in [-0.25, -0.2) is 9.59 Å². The molecule has 0 saturated heterocycles. The van der Waals surface area contributed by atoms with Crippen LogP contribution in [-0.2, 0) is 20.7 Å². The Labute approximate surface area is 271 Å². The molecule has 0 radical (unpaired) electrons. The van der Waals surface area contributed by atoms with Crippen molar-refractivity contribution in [2.45, 2.75) is 77.4 Å². The van der Waals surface area contributed by atoms with Crippen molar-refractivity contribution in [2.24, 2.45) is 11.7 Å². The minimum atomic E-state index is -1.27.